The van der Waals surface area contributed by atoms with E-state index in [9.17, 15) is 9.90 Å². The Morgan fingerprint density at radius 3 is 2.63 bits per heavy atom. The summed E-state index contributed by atoms with van der Waals surface area (Å²) in [6, 6.07) is 0. The molecule has 2 aliphatic rings. The first kappa shape index (κ1) is 25.4. The fraction of sp³-hybridized carbons (Fsp3) is 0.880. The van der Waals surface area contributed by atoms with Crippen LogP contribution in [0.4, 0.5) is 0 Å². The van der Waals surface area contributed by atoms with Crippen molar-refractivity contribution in [1.29, 1.82) is 0 Å². The number of unbranched alkanes of at least 4 members (excludes halogenated alkanes) is 4. The average molecular weight is 425 g/mol. The molecule has 5 heteroatoms. The molecular formula is C25H44O5. The van der Waals surface area contributed by atoms with Crippen LogP contribution in [-0.2, 0) is 19.0 Å². The lowest BCUT2D eigenvalue weighted by molar-refractivity contribution is -0.190. The van der Waals surface area contributed by atoms with Crippen LogP contribution in [-0.4, -0.2) is 42.8 Å². The number of hydrogen-bond acceptors (Lipinski definition) is 5. The van der Waals surface area contributed by atoms with E-state index in [2.05, 4.69) is 19.9 Å². The largest absolute Gasteiger partial charge is 0.466 e. The van der Waals surface area contributed by atoms with Gasteiger partial charge in [0.15, 0.2) is 5.79 Å². The van der Waals surface area contributed by atoms with E-state index in [-0.39, 0.29) is 18.0 Å². The van der Waals surface area contributed by atoms with E-state index in [4.69, 9.17) is 14.2 Å². The minimum absolute atomic E-state index is 0.0904. The molecule has 1 saturated heterocycles. The molecule has 1 aliphatic heterocycles. The van der Waals surface area contributed by atoms with Crippen molar-refractivity contribution >= 4 is 5.97 Å². The zero-order valence-corrected chi connectivity index (χ0v) is 19.5. The first-order valence-corrected chi connectivity index (χ1v) is 12.3. The Balaban J connectivity index is 1.80. The Morgan fingerprint density at radius 2 is 1.93 bits per heavy atom. The molecule has 1 aliphatic carbocycles. The van der Waals surface area contributed by atoms with Crippen molar-refractivity contribution in [3.63, 3.8) is 0 Å². The number of esters is 1. The predicted molar refractivity (Wildman–Crippen MR) is 119 cm³/mol. The van der Waals surface area contributed by atoms with Gasteiger partial charge in [-0.3, -0.25) is 4.79 Å². The quantitative estimate of drug-likeness (QED) is 0.225. The van der Waals surface area contributed by atoms with E-state index in [1.165, 1.54) is 18.4 Å². The van der Waals surface area contributed by atoms with Crippen LogP contribution in [0.25, 0.3) is 0 Å². The number of carbonyl (C=O) groups excluding carboxylic acids is 1. The lowest BCUT2D eigenvalue weighted by Crippen LogP contribution is -2.37. The molecule has 0 radical (unpaired) electrons. The Morgan fingerprint density at radius 1 is 1.20 bits per heavy atom. The zero-order chi connectivity index (χ0) is 21.8. The van der Waals surface area contributed by atoms with Gasteiger partial charge in [-0.15, -0.1) is 0 Å². The van der Waals surface area contributed by atoms with E-state index in [0.717, 1.165) is 57.8 Å². The summed E-state index contributed by atoms with van der Waals surface area (Å²) >= 11 is 0. The highest BCUT2D eigenvalue weighted by Gasteiger charge is 2.41. The third-order valence-corrected chi connectivity index (χ3v) is 6.79. The smallest absolute Gasteiger partial charge is 0.305 e. The van der Waals surface area contributed by atoms with Crippen LogP contribution >= 0.6 is 0 Å². The molecule has 1 heterocycles. The zero-order valence-electron chi connectivity index (χ0n) is 19.5. The molecule has 174 valence electrons. The first-order chi connectivity index (χ1) is 14.5. The van der Waals surface area contributed by atoms with Crippen molar-refractivity contribution in [2.45, 2.75) is 110 Å². The summed E-state index contributed by atoms with van der Waals surface area (Å²) in [5, 5.41) is 10.5. The molecule has 30 heavy (non-hydrogen) atoms. The van der Waals surface area contributed by atoms with Gasteiger partial charge in [0.2, 0.25) is 0 Å². The van der Waals surface area contributed by atoms with Gasteiger partial charge in [0.1, 0.15) is 0 Å². The Hall–Kier alpha value is -0.910. The summed E-state index contributed by atoms with van der Waals surface area (Å²) < 4.78 is 17.2. The molecule has 1 saturated carbocycles. The maximum absolute atomic E-state index is 11.4. The summed E-state index contributed by atoms with van der Waals surface area (Å²) in [4.78, 5) is 11.4. The molecular weight excluding hydrogens is 380 g/mol. The Kier molecular flexibility index (Phi) is 11.4. The number of aliphatic hydroxyl groups excluding tert-OH is 1. The van der Waals surface area contributed by atoms with E-state index in [1.54, 1.807) is 0 Å². The monoisotopic (exact) mass is 424 g/mol. The van der Waals surface area contributed by atoms with E-state index < -0.39 is 5.79 Å². The molecule has 2 fully saturated rings. The topological polar surface area (TPSA) is 65.0 Å². The molecule has 0 aromatic rings. The van der Waals surface area contributed by atoms with Gasteiger partial charge in [-0.1, -0.05) is 57.6 Å². The number of aliphatic hydroxyl groups is 1. The van der Waals surface area contributed by atoms with Crippen LogP contribution in [0, 0.1) is 11.8 Å². The van der Waals surface area contributed by atoms with Gasteiger partial charge >= 0.3 is 5.97 Å². The normalized spacial score (nSPS) is 25.7. The fourth-order valence-corrected chi connectivity index (χ4v) is 4.88. The Labute approximate surface area is 183 Å². The van der Waals surface area contributed by atoms with Gasteiger partial charge in [0.05, 0.1) is 25.9 Å². The summed E-state index contributed by atoms with van der Waals surface area (Å²) in [5.74, 6) is 0.0701. The molecule has 3 atom stereocenters. The van der Waals surface area contributed by atoms with E-state index in [0.29, 0.717) is 32.2 Å². The van der Waals surface area contributed by atoms with Gasteiger partial charge in [0.25, 0.3) is 0 Å². The van der Waals surface area contributed by atoms with Gasteiger partial charge < -0.3 is 19.3 Å². The minimum Gasteiger partial charge on any atom is -0.466 e. The molecule has 0 bridgehead atoms. The number of rotatable bonds is 14. The molecule has 1 N–H and O–H groups in total. The number of carbonyl (C=O) groups is 1. The molecule has 0 aromatic carbocycles. The van der Waals surface area contributed by atoms with Crippen molar-refractivity contribution < 1.29 is 24.1 Å². The summed E-state index contributed by atoms with van der Waals surface area (Å²) in [6.07, 6.45) is 13.9. The fourth-order valence-electron chi connectivity index (χ4n) is 4.88. The number of hydrogen-bond donors (Lipinski definition) is 1. The molecule has 5 nitrogen and oxygen atoms in total. The maximum Gasteiger partial charge on any atom is 0.305 e. The maximum atomic E-state index is 11.4. The van der Waals surface area contributed by atoms with E-state index in [1.807, 2.05) is 6.92 Å². The second-order valence-electron chi connectivity index (χ2n) is 9.01. The summed E-state index contributed by atoms with van der Waals surface area (Å²) in [7, 11) is 0. The summed E-state index contributed by atoms with van der Waals surface area (Å²) in [6.45, 7) is 8.13. The SMILES string of the molecule is CCCCC(C)C1(CC=C2CC[C@@H](O)[C@@H]2CCCCCCC(=O)OCC)OCCO1. The van der Waals surface area contributed by atoms with Gasteiger partial charge in [-0.2, -0.15) is 0 Å². The second-order valence-corrected chi connectivity index (χ2v) is 9.01. The average Bonchev–Trinajstić information content (AvgIpc) is 3.35. The van der Waals surface area contributed by atoms with Gasteiger partial charge in [0, 0.05) is 24.7 Å². The van der Waals surface area contributed by atoms with E-state index >= 15 is 0 Å². The molecule has 0 amide bonds. The molecule has 0 spiro atoms. The van der Waals surface area contributed by atoms with Crippen molar-refractivity contribution in [2.24, 2.45) is 11.8 Å². The van der Waals surface area contributed by atoms with Crippen LogP contribution < -0.4 is 0 Å². The lowest BCUT2D eigenvalue weighted by atomic mass is 9.88. The highest BCUT2D eigenvalue weighted by molar-refractivity contribution is 5.69. The Bertz CT molecular complexity index is 524. The van der Waals surface area contributed by atoms with Crippen molar-refractivity contribution in [3.8, 4) is 0 Å². The van der Waals surface area contributed by atoms with Crippen LogP contribution in [0.3, 0.4) is 0 Å². The lowest BCUT2D eigenvalue weighted by Gasteiger charge is -2.33. The molecule has 2 rings (SSSR count). The first-order valence-electron chi connectivity index (χ1n) is 12.3. The predicted octanol–water partition coefficient (Wildman–Crippen LogP) is 5.55. The molecule has 1 unspecified atom stereocenters. The van der Waals surface area contributed by atoms with Gasteiger partial charge in [-0.25, -0.2) is 0 Å². The highest BCUT2D eigenvalue weighted by Crippen LogP contribution is 2.39. The summed E-state index contributed by atoms with van der Waals surface area (Å²) in [5.41, 5.74) is 1.38. The van der Waals surface area contributed by atoms with Crippen LogP contribution in [0.15, 0.2) is 11.6 Å². The van der Waals surface area contributed by atoms with Crippen molar-refractivity contribution in [3.05, 3.63) is 11.6 Å². The van der Waals surface area contributed by atoms with Gasteiger partial charge in [-0.05, 0) is 39.0 Å². The molecule has 0 aromatic heterocycles. The van der Waals surface area contributed by atoms with Crippen LogP contribution in [0.1, 0.15) is 97.8 Å². The van der Waals surface area contributed by atoms with Crippen molar-refractivity contribution in [2.75, 3.05) is 19.8 Å². The third kappa shape index (κ3) is 7.65. The second kappa shape index (κ2) is 13.5. The number of ether oxygens (including phenoxy) is 3. The standard InChI is InChI=1S/C25H44O5/c1-4-6-11-20(3)25(29-18-19-30-25)17-16-21-14-15-23(26)22(21)12-9-7-8-10-13-24(27)28-5-2/h16,20,22-23,26H,4-15,17-19H2,1-3H3/t20?,22-,23-/m1/s1. The van der Waals surface area contributed by atoms with Crippen LogP contribution in [0.5, 0.6) is 0 Å². The minimum atomic E-state index is -0.479. The van der Waals surface area contributed by atoms with Crippen LogP contribution in [0.2, 0.25) is 0 Å². The highest BCUT2D eigenvalue weighted by atomic mass is 16.7. The third-order valence-electron chi connectivity index (χ3n) is 6.79. The van der Waals surface area contributed by atoms with Crippen molar-refractivity contribution in [1.82, 2.24) is 0 Å².